The summed E-state index contributed by atoms with van der Waals surface area (Å²) < 4.78 is 36.8. The van der Waals surface area contributed by atoms with E-state index in [0.717, 1.165) is 4.47 Å². The van der Waals surface area contributed by atoms with Crippen molar-refractivity contribution < 1.29 is 18.0 Å². The lowest BCUT2D eigenvalue weighted by molar-refractivity contribution is -0.138. The second-order valence-corrected chi connectivity index (χ2v) is 4.93. The number of carbonyl (C=O) groups excluding carboxylic acids is 1. The predicted octanol–water partition coefficient (Wildman–Crippen LogP) is 2.67. The fraction of sp³-hybridized carbons (Fsp3) is 0.455. The Hall–Kier alpha value is -1.15. The third-order valence-corrected chi connectivity index (χ3v) is 2.65. The molecule has 0 aliphatic carbocycles. The van der Waals surface area contributed by atoms with Gasteiger partial charge in [-0.05, 0) is 35.1 Å². The molecule has 1 aromatic heterocycles. The number of nitrogens with one attached hydrogen (secondary N) is 1. The lowest BCUT2D eigenvalue weighted by Crippen LogP contribution is -2.32. The third kappa shape index (κ3) is 7.12. The molecule has 0 atom stereocenters. The molecule has 0 saturated heterocycles. The summed E-state index contributed by atoms with van der Waals surface area (Å²) in [4.78, 5) is 16.8. The molecule has 0 fully saturated rings. The van der Waals surface area contributed by atoms with Crippen LogP contribution >= 0.6 is 15.9 Å². The van der Waals surface area contributed by atoms with Gasteiger partial charge in [-0.25, -0.2) is 4.98 Å². The molecule has 1 aromatic rings. The van der Waals surface area contributed by atoms with Gasteiger partial charge in [0.2, 0.25) is 5.91 Å². The van der Waals surface area contributed by atoms with E-state index < -0.39 is 18.5 Å². The highest BCUT2D eigenvalue weighted by atomic mass is 79.9. The summed E-state index contributed by atoms with van der Waals surface area (Å²) in [6.45, 7) is -0.335. The lowest BCUT2D eigenvalue weighted by atomic mass is 10.3. The molecule has 0 radical (unpaired) electrons. The molecule has 1 rings (SSSR count). The smallest absolute Gasteiger partial charge is 0.310 e. The van der Waals surface area contributed by atoms with E-state index in [1.165, 1.54) is 18.1 Å². The predicted molar refractivity (Wildman–Crippen MR) is 68.7 cm³/mol. The molecular weight excluding hydrogens is 327 g/mol. The van der Waals surface area contributed by atoms with Gasteiger partial charge in [0.15, 0.2) is 0 Å². The Morgan fingerprint density at radius 3 is 2.68 bits per heavy atom. The molecule has 1 N–H and O–H groups in total. The van der Waals surface area contributed by atoms with Gasteiger partial charge in [0.25, 0.3) is 0 Å². The zero-order valence-corrected chi connectivity index (χ0v) is 11.8. The van der Waals surface area contributed by atoms with Crippen LogP contribution < -0.4 is 5.32 Å². The maximum Gasteiger partial charge on any atom is 0.390 e. The van der Waals surface area contributed by atoms with Crippen LogP contribution in [0.3, 0.4) is 0 Å². The molecule has 0 aliphatic heterocycles. The summed E-state index contributed by atoms with van der Waals surface area (Å²) in [5, 5.41) is 2.50. The summed E-state index contributed by atoms with van der Waals surface area (Å²) in [6.07, 6.45) is -3.63. The molecule has 4 nitrogen and oxygen atoms in total. The van der Waals surface area contributed by atoms with Gasteiger partial charge in [0.05, 0.1) is 13.0 Å². The number of likely N-dealkylation sites (N-methyl/N-ethyl adjacent to an activating group) is 1. The van der Waals surface area contributed by atoms with Crippen LogP contribution in [0, 0.1) is 0 Å². The Labute approximate surface area is 117 Å². The van der Waals surface area contributed by atoms with Crippen LogP contribution in [0.25, 0.3) is 0 Å². The van der Waals surface area contributed by atoms with Crippen molar-refractivity contribution in [3.8, 4) is 0 Å². The maximum absolute atomic E-state index is 12.0. The van der Waals surface area contributed by atoms with Crippen molar-refractivity contribution in [1.29, 1.82) is 0 Å². The first kappa shape index (κ1) is 15.9. The van der Waals surface area contributed by atoms with Crippen molar-refractivity contribution in [3.63, 3.8) is 0 Å². The average molecular weight is 340 g/mol. The van der Waals surface area contributed by atoms with E-state index >= 15 is 0 Å². The second kappa shape index (κ2) is 6.85. The number of anilines is 1. The summed E-state index contributed by atoms with van der Waals surface area (Å²) in [6, 6.07) is 3.30. The van der Waals surface area contributed by atoms with Gasteiger partial charge in [-0.2, -0.15) is 13.2 Å². The lowest BCUT2D eigenvalue weighted by Gasteiger charge is -2.16. The van der Waals surface area contributed by atoms with E-state index in [4.69, 9.17) is 0 Å². The van der Waals surface area contributed by atoms with E-state index in [9.17, 15) is 18.0 Å². The Kier molecular flexibility index (Phi) is 5.74. The Morgan fingerprint density at radius 1 is 1.47 bits per heavy atom. The van der Waals surface area contributed by atoms with Crippen molar-refractivity contribution in [2.45, 2.75) is 12.6 Å². The molecule has 0 spiro atoms. The Bertz CT molecular complexity index is 422. The van der Waals surface area contributed by atoms with E-state index in [1.54, 1.807) is 12.1 Å². The highest BCUT2D eigenvalue weighted by molar-refractivity contribution is 9.10. The minimum Gasteiger partial charge on any atom is -0.310 e. The van der Waals surface area contributed by atoms with Gasteiger partial charge in [0, 0.05) is 17.2 Å². The number of hydrogen-bond donors (Lipinski definition) is 1. The zero-order chi connectivity index (χ0) is 14.5. The number of alkyl halides is 3. The normalized spacial score (nSPS) is 11.7. The summed E-state index contributed by atoms with van der Waals surface area (Å²) in [5.41, 5.74) is 0. The van der Waals surface area contributed by atoms with E-state index in [2.05, 4.69) is 26.2 Å². The molecule has 1 heterocycles. The Morgan fingerprint density at radius 2 is 2.16 bits per heavy atom. The quantitative estimate of drug-likeness (QED) is 0.896. The number of hydrogen-bond acceptors (Lipinski definition) is 3. The van der Waals surface area contributed by atoms with Crippen LogP contribution in [-0.4, -0.2) is 42.1 Å². The number of carbonyl (C=O) groups is 1. The number of rotatable bonds is 5. The van der Waals surface area contributed by atoms with Gasteiger partial charge in [-0.15, -0.1) is 0 Å². The van der Waals surface area contributed by atoms with Gasteiger partial charge in [0.1, 0.15) is 5.82 Å². The van der Waals surface area contributed by atoms with Crippen LogP contribution in [0.2, 0.25) is 0 Å². The van der Waals surface area contributed by atoms with E-state index in [1.807, 2.05) is 0 Å². The van der Waals surface area contributed by atoms with Gasteiger partial charge in [-0.3, -0.25) is 9.69 Å². The maximum atomic E-state index is 12.0. The van der Waals surface area contributed by atoms with E-state index in [-0.39, 0.29) is 13.1 Å². The van der Waals surface area contributed by atoms with Gasteiger partial charge >= 0.3 is 6.18 Å². The van der Waals surface area contributed by atoms with Crippen LogP contribution in [0.15, 0.2) is 22.8 Å². The summed E-state index contributed by atoms with van der Waals surface area (Å²) in [5.74, 6) is -0.0445. The fourth-order valence-corrected chi connectivity index (χ4v) is 1.51. The molecule has 0 bridgehead atoms. The molecular formula is C11H13BrF3N3O. The molecule has 106 valence electrons. The molecule has 1 amide bonds. The first-order chi connectivity index (χ1) is 8.76. The highest BCUT2D eigenvalue weighted by Crippen LogP contribution is 2.19. The second-order valence-electron chi connectivity index (χ2n) is 4.01. The molecule has 0 aromatic carbocycles. The Balaban J connectivity index is 2.36. The molecule has 0 unspecified atom stereocenters. The van der Waals surface area contributed by atoms with Crippen molar-refractivity contribution in [3.05, 3.63) is 22.8 Å². The molecule has 8 heteroatoms. The van der Waals surface area contributed by atoms with Gasteiger partial charge in [-0.1, -0.05) is 0 Å². The SMILES string of the molecule is CN(CCC(F)(F)F)CC(=O)Nc1ccc(Br)cn1. The average Bonchev–Trinajstić information content (AvgIpc) is 2.29. The number of amides is 1. The molecule has 0 saturated carbocycles. The third-order valence-electron chi connectivity index (χ3n) is 2.19. The van der Waals surface area contributed by atoms with Crippen LogP contribution in [-0.2, 0) is 4.79 Å². The van der Waals surface area contributed by atoms with Crippen LogP contribution in [0.1, 0.15) is 6.42 Å². The monoisotopic (exact) mass is 339 g/mol. The topological polar surface area (TPSA) is 45.2 Å². The highest BCUT2D eigenvalue weighted by Gasteiger charge is 2.27. The molecule has 19 heavy (non-hydrogen) atoms. The minimum absolute atomic E-state index is 0.117. The molecule has 0 aliphatic rings. The van der Waals surface area contributed by atoms with E-state index in [0.29, 0.717) is 5.82 Å². The largest absolute Gasteiger partial charge is 0.390 e. The van der Waals surface area contributed by atoms with Crippen molar-refractivity contribution in [1.82, 2.24) is 9.88 Å². The number of aromatic nitrogens is 1. The number of pyridine rings is 1. The van der Waals surface area contributed by atoms with Crippen molar-refractivity contribution in [2.24, 2.45) is 0 Å². The van der Waals surface area contributed by atoms with Crippen molar-refractivity contribution >= 4 is 27.7 Å². The zero-order valence-electron chi connectivity index (χ0n) is 10.2. The number of nitrogens with zero attached hydrogens (tertiary/aromatic N) is 2. The fourth-order valence-electron chi connectivity index (χ4n) is 1.27. The first-order valence-corrected chi connectivity index (χ1v) is 6.22. The van der Waals surface area contributed by atoms with Crippen LogP contribution in [0.5, 0.6) is 0 Å². The summed E-state index contributed by atoms with van der Waals surface area (Å²) in [7, 11) is 1.46. The van der Waals surface area contributed by atoms with Crippen molar-refractivity contribution in [2.75, 3.05) is 25.5 Å². The summed E-state index contributed by atoms with van der Waals surface area (Å²) >= 11 is 3.20. The first-order valence-electron chi connectivity index (χ1n) is 5.43. The minimum atomic E-state index is -4.21. The van der Waals surface area contributed by atoms with Gasteiger partial charge < -0.3 is 5.32 Å². The number of halogens is 4. The standard InChI is InChI=1S/C11H13BrF3N3O/c1-18(5-4-11(13,14)15)7-10(19)17-9-3-2-8(12)6-16-9/h2-3,6H,4-5,7H2,1H3,(H,16,17,19). The van der Waals surface area contributed by atoms with Crippen LogP contribution in [0.4, 0.5) is 19.0 Å².